The first-order valence-electron chi connectivity index (χ1n) is 8.02. The van der Waals surface area contributed by atoms with E-state index in [0.29, 0.717) is 12.5 Å². The molecule has 4 heteroatoms. The average molecular weight is 288 g/mol. The van der Waals surface area contributed by atoms with Crippen LogP contribution in [-0.4, -0.2) is 23.7 Å². The summed E-state index contributed by atoms with van der Waals surface area (Å²) < 4.78 is 0. The van der Waals surface area contributed by atoms with Crippen LogP contribution in [0, 0.1) is 0 Å². The van der Waals surface area contributed by atoms with Crippen LogP contribution in [0.4, 0.5) is 4.79 Å². The van der Waals surface area contributed by atoms with Gasteiger partial charge in [-0.2, -0.15) is 0 Å². The highest BCUT2D eigenvalue weighted by Gasteiger charge is 2.36. The first kappa shape index (κ1) is 14.4. The van der Waals surface area contributed by atoms with Crippen LogP contribution in [0.5, 0.6) is 0 Å². The highest BCUT2D eigenvalue weighted by molar-refractivity contribution is 5.74. The monoisotopic (exact) mass is 288 g/mol. The van der Waals surface area contributed by atoms with E-state index in [1.54, 1.807) is 0 Å². The predicted molar refractivity (Wildman–Crippen MR) is 82.1 cm³/mol. The van der Waals surface area contributed by atoms with E-state index >= 15 is 0 Å². The first-order valence-corrected chi connectivity index (χ1v) is 8.02. The van der Waals surface area contributed by atoms with Gasteiger partial charge in [-0.15, -0.1) is 0 Å². The Balaban J connectivity index is 1.54. The molecule has 0 saturated heterocycles. The van der Waals surface area contributed by atoms with Crippen molar-refractivity contribution in [1.82, 2.24) is 10.6 Å². The maximum absolute atomic E-state index is 12.0. The summed E-state index contributed by atoms with van der Waals surface area (Å²) >= 11 is 0. The Morgan fingerprint density at radius 1 is 1.24 bits per heavy atom. The molecule has 1 aromatic rings. The number of aryl methyl sites for hydroxylation is 1. The molecule has 1 fully saturated rings. The molecule has 2 amide bonds. The van der Waals surface area contributed by atoms with Crippen LogP contribution in [-0.2, 0) is 12.0 Å². The van der Waals surface area contributed by atoms with E-state index in [1.165, 1.54) is 24.8 Å². The predicted octanol–water partition coefficient (Wildman–Crippen LogP) is 2.45. The summed E-state index contributed by atoms with van der Waals surface area (Å²) in [4.78, 5) is 12.0. The van der Waals surface area contributed by atoms with Gasteiger partial charge in [0.25, 0.3) is 0 Å². The Bertz CT molecular complexity index is 511. The quantitative estimate of drug-likeness (QED) is 0.800. The van der Waals surface area contributed by atoms with Crippen molar-refractivity contribution in [3.63, 3.8) is 0 Å². The number of benzene rings is 1. The molecule has 0 heterocycles. The minimum Gasteiger partial charge on any atom is -0.383 e. The minimum absolute atomic E-state index is 0.153. The highest BCUT2D eigenvalue weighted by Crippen LogP contribution is 2.36. The lowest BCUT2D eigenvalue weighted by atomic mass is 9.95. The van der Waals surface area contributed by atoms with Gasteiger partial charge in [0.1, 0.15) is 5.60 Å². The maximum Gasteiger partial charge on any atom is 0.315 e. The second kappa shape index (κ2) is 6.06. The van der Waals surface area contributed by atoms with Crippen LogP contribution >= 0.6 is 0 Å². The molecule has 1 atom stereocenters. The normalized spacial score (nSPS) is 25.4. The van der Waals surface area contributed by atoms with Gasteiger partial charge in [-0.05, 0) is 36.8 Å². The van der Waals surface area contributed by atoms with Gasteiger partial charge in [0, 0.05) is 6.04 Å². The lowest BCUT2D eigenvalue weighted by molar-refractivity contribution is 0.0411. The molecule has 0 aliphatic heterocycles. The molecule has 0 bridgehead atoms. The van der Waals surface area contributed by atoms with Crippen molar-refractivity contribution in [2.75, 3.05) is 6.54 Å². The van der Waals surface area contributed by atoms with Gasteiger partial charge in [0.2, 0.25) is 0 Å². The van der Waals surface area contributed by atoms with Gasteiger partial charge in [-0.1, -0.05) is 43.5 Å². The second-order valence-corrected chi connectivity index (χ2v) is 6.35. The second-order valence-electron chi connectivity index (χ2n) is 6.35. The molecule has 21 heavy (non-hydrogen) atoms. The van der Waals surface area contributed by atoms with Crippen molar-refractivity contribution < 1.29 is 9.90 Å². The van der Waals surface area contributed by atoms with Crippen LogP contribution in [0.3, 0.4) is 0 Å². The summed E-state index contributed by atoms with van der Waals surface area (Å²) in [5, 5.41) is 16.6. The van der Waals surface area contributed by atoms with Crippen LogP contribution in [0.1, 0.15) is 49.7 Å². The van der Waals surface area contributed by atoms with Gasteiger partial charge < -0.3 is 15.7 Å². The molecule has 1 saturated carbocycles. The number of hydrogen-bond acceptors (Lipinski definition) is 2. The van der Waals surface area contributed by atoms with E-state index in [9.17, 15) is 9.90 Å². The lowest BCUT2D eigenvalue weighted by Crippen LogP contribution is -2.47. The Kier molecular flexibility index (Phi) is 4.15. The third-order valence-corrected chi connectivity index (χ3v) is 4.81. The van der Waals surface area contributed by atoms with Crippen LogP contribution in [0.2, 0.25) is 0 Å². The maximum atomic E-state index is 12.0. The van der Waals surface area contributed by atoms with Gasteiger partial charge >= 0.3 is 6.03 Å². The van der Waals surface area contributed by atoms with E-state index in [4.69, 9.17) is 0 Å². The minimum atomic E-state index is -0.916. The highest BCUT2D eigenvalue weighted by atomic mass is 16.3. The number of nitrogens with one attached hydrogen (secondary N) is 2. The van der Waals surface area contributed by atoms with Gasteiger partial charge in [-0.3, -0.25) is 0 Å². The van der Waals surface area contributed by atoms with Gasteiger partial charge in [0.15, 0.2) is 0 Å². The summed E-state index contributed by atoms with van der Waals surface area (Å²) in [6, 6.07) is 8.09. The molecule has 114 valence electrons. The molecule has 4 nitrogen and oxygen atoms in total. The lowest BCUT2D eigenvalue weighted by Gasteiger charge is -2.26. The molecule has 1 aromatic carbocycles. The zero-order valence-corrected chi connectivity index (χ0v) is 12.4. The number of fused-ring (bicyclic) bond motifs is 1. The summed E-state index contributed by atoms with van der Waals surface area (Å²) in [7, 11) is 0. The summed E-state index contributed by atoms with van der Waals surface area (Å²) in [5.41, 5.74) is 1.23. The van der Waals surface area contributed by atoms with Crippen molar-refractivity contribution in [3.8, 4) is 0 Å². The van der Waals surface area contributed by atoms with Crippen molar-refractivity contribution in [2.45, 2.75) is 56.6 Å². The number of hydrogen-bond donors (Lipinski definition) is 3. The Morgan fingerprint density at radius 2 is 2.00 bits per heavy atom. The van der Waals surface area contributed by atoms with E-state index in [2.05, 4.69) is 16.7 Å². The molecule has 0 radical (unpaired) electrons. The number of urea groups is 1. The summed E-state index contributed by atoms with van der Waals surface area (Å²) in [5.74, 6) is 0. The van der Waals surface area contributed by atoms with E-state index < -0.39 is 5.60 Å². The molecule has 0 spiro atoms. The Labute approximate surface area is 125 Å². The topological polar surface area (TPSA) is 61.4 Å². The fourth-order valence-electron chi connectivity index (χ4n) is 3.56. The Morgan fingerprint density at radius 3 is 2.81 bits per heavy atom. The van der Waals surface area contributed by atoms with Crippen molar-refractivity contribution in [3.05, 3.63) is 35.4 Å². The number of aliphatic hydroxyl groups is 1. The van der Waals surface area contributed by atoms with Gasteiger partial charge in [-0.25, -0.2) is 4.79 Å². The zero-order valence-electron chi connectivity index (χ0n) is 12.4. The zero-order chi connectivity index (χ0) is 14.7. The van der Waals surface area contributed by atoms with Crippen LogP contribution in [0.25, 0.3) is 0 Å². The number of carbonyl (C=O) groups is 1. The van der Waals surface area contributed by atoms with Crippen molar-refractivity contribution >= 4 is 6.03 Å². The smallest absolute Gasteiger partial charge is 0.315 e. The summed E-state index contributed by atoms with van der Waals surface area (Å²) in [6.07, 6.45) is 7.36. The molecule has 0 aromatic heterocycles. The molecule has 3 N–H and O–H groups in total. The molecule has 1 unspecified atom stereocenters. The number of carbonyl (C=O) groups excluding carboxylic acids is 1. The SMILES string of the molecule is O=C(NCC1(O)CCc2ccccc21)NC1CCCCC1. The first-order chi connectivity index (χ1) is 10.2. The van der Waals surface area contributed by atoms with Crippen LogP contribution < -0.4 is 10.6 Å². The number of rotatable bonds is 3. The molecular formula is C17H24N2O2. The van der Waals surface area contributed by atoms with Gasteiger partial charge in [0.05, 0.1) is 6.54 Å². The third-order valence-electron chi connectivity index (χ3n) is 4.81. The summed E-state index contributed by atoms with van der Waals surface area (Å²) in [6.45, 7) is 0.280. The van der Waals surface area contributed by atoms with E-state index in [0.717, 1.165) is 24.8 Å². The van der Waals surface area contributed by atoms with Crippen molar-refractivity contribution in [2.24, 2.45) is 0 Å². The largest absolute Gasteiger partial charge is 0.383 e. The van der Waals surface area contributed by atoms with Crippen molar-refractivity contribution in [1.29, 1.82) is 0 Å². The van der Waals surface area contributed by atoms with Crippen LogP contribution in [0.15, 0.2) is 24.3 Å². The van der Waals surface area contributed by atoms with E-state index in [1.807, 2.05) is 18.2 Å². The fourth-order valence-corrected chi connectivity index (χ4v) is 3.56. The molecule has 2 aliphatic rings. The molecule has 3 rings (SSSR count). The third kappa shape index (κ3) is 3.21. The standard InChI is InChI=1S/C17H24N2O2/c20-16(19-14-7-2-1-3-8-14)18-12-17(21)11-10-13-6-4-5-9-15(13)17/h4-6,9,14,21H,1-3,7-8,10-12H2,(H2,18,19,20). The Hall–Kier alpha value is -1.55. The fraction of sp³-hybridized carbons (Fsp3) is 0.588. The number of amides is 2. The average Bonchev–Trinajstić information content (AvgIpc) is 2.85. The molecule has 2 aliphatic carbocycles. The van der Waals surface area contributed by atoms with E-state index in [-0.39, 0.29) is 12.6 Å². The molecular weight excluding hydrogens is 264 g/mol.